The molecule has 0 unspecified atom stereocenters. The molecule has 12 rings (SSSR count). The molecular weight excluding hydrogens is 865 g/mol. The Kier molecular flexibility index (Phi) is 8.89. The predicted molar refractivity (Wildman–Crippen MR) is 294 cm³/mol. The van der Waals surface area contributed by atoms with Crippen LogP contribution in [0.1, 0.15) is 85.9 Å². The number of ether oxygens (including phenoxy) is 1. The summed E-state index contributed by atoms with van der Waals surface area (Å²) in [6, 6.07) is 50.8. The number of rotatable bonds is 5. The third kappa shape index (κ3) is 7.45. The molecule has 5 heteroatoms. The van der Waals surface area contributed by atoms with Gasteiger partial charge < -0.3 is 4.74 Å². The zero-order valence-electron chi connectivity index (χ0n) is 46.7. The Hall–Kier alpha value is -8.02. The van der Waals surface area contributed by atoms with Gasteiger partial charge in [-0.15, -0.1) is 0 Å². The lowest BCUT2D eigenvalue weighted by Crippen LogP contribution is -2.35. The van der Waals surface area contributed by atoms with Gasteiger partial charge in [0.05, 0.1) is 40.3 Å². The molecular formula is C66H58N4O. The molecule has 0 aliphatic carbocycles. The fourth-order valence-corrected chi connectivity index (χ4v) is 10.5. The SMILES string of the molecule is [2H]c1c([2H])c([2H])c(-c2cccc3c2-c2cc(C(C)(C)C)cc(C(C)(C)C)c2-[n+]2[c-]n(-c4cccc(Oc5ccc6c7ccccc7n(-c7cc(C(C)(C)C)ccn7)c6c5)c4)c4cccc(c42)-c2ccccc2-3)c([2H])c1[2H]. The summed E-state index contributed by atoms with van der Waals surface area (Å²) in [4.78, 5) is 4.90. The second-order valence-corrected chi connectivity index (χ2v) is 21.9. The van der Waals surface area contributed by atoms with E-state index in [1.807, 2.05) is 42.6 Å². The summed E-state index contributed by atoms with van der Waals surface area (Å²) in [6.07, 6.45) is 5.82. The van der Waals surface area contributed by atoms with Crippen molar-refractivity contribution < 1.29 is 16.2 Å². The summed E-state index contributed by atoms with van der Waals surface area (Å²) in [5, 5.41) is 2.24. The smallest absolute Gasteiger partial charge is 0.269 e. The predicted octanol–water partition coefficient (Wildman–Crippen LogP) is 16.9. The van der Waals surface area contributed by atoms with Gasteiger partial charge in [-0.25, -0.2) is 4.98 Å². The maximum absolute atomic E-state index is 9.36. The van der Waals surface area contributed by atoms with Crippen molar-refractivity contribution in [2.24, 2.45) is 0 Å². The van der Waals surface area contributed by atoms with Gasteiger partial charge >= 0.3 is 0 Å². The molecule has 0 atom stereocenters. The van der Waals surface area contributed by atoms with Gasteiger partial charge in [0.2, 0.25) is 0 Å². The van der Waals surface area contributed by atoms with Crippen LogP contribution in [0.4, 0.5) is 0 Å². The standard InChI is InChI=1S/C66H58N4O/c1-64(2,3)43-34-35-67-60(38-43)70-57-30-16-15-26-51(57)52-33-32-47(40-59(52)70)71-46-23-17-22-45(39-46)68-41-69-62-55(36-44(65(4,5)6)37-56(62)66(7,8)9)61-48(42-20-11-10-12-21-42)27-18-28-53(61)49-24-13-14-25-50(49)54-29-19-31-58(68)63(54)69/h10-40H,1-9H3/i10D,11D,12D,20D,21D. The van der Waals surface area contributed by atoms with Gasteiger partial charge in [0.1, 0.15) is 17.3 Å². The van der Waals surface area contributed by atoms with Crippen LogP contribution < -0.4 is 9.30 Å². The van der Waals surface area contributed by atoms with Crippen molar-refractivity contribution in [3.63, 3.8) is 0 Å². The van der Waals surface area contributed by atoms with Crippen molar-refractivity contribution in [1.82, 2.24) is 14.1 Å². The molecule has 0 bridgehead atoms. The minimum absolute atomic E-state index is 0.0561. The molecule has 0 spiro atoms. The second-order valence-electron chi connectivity index (χ2n) is 21.9. The van der Waals surface area contributed by atoms with E-state index in [4.69, 9.17) is 13.8 Å². The Bertz CT molecular complexity index is 4190. The highest BCUT2D eigenvalue weighted by Crippen LogP contribution is 2.49. The summed E-state index contributed by atoms with van der Waals surface area (Å²) in [7, 11) is 0. The van der Waals surface area contributed by atoms with Gasteiger partial charge in [0.15, 0.2) is 0 Å². The molecule has 1 aliphatic rings. The van der Waals surface area contributed by atoms with E-state index in [-0.39, 0.29) is 40.6 Å². The highest BCUT2D eigenvalue weighted by molar-refractivity contribution is 6.09. The molecule has 1 aliphatic heterocycles. The lowest BCUT2D eigenvalue weighted by atomic mass is 9.76. The van der Waals surface area contributed by atoms with E-state index in [0.717, 1.165) is 94.5 Å². The minimum Gasteiger partial charge on any atom is -0.458 e. The van der Waals surface area contributed by atoms with Gasteiger partial charge in [0.25, 0.3) is 6.33 Å². The Morgan fingerprint density at radius 3 is 1.94 bits per heavy atom. The summed E-state index contributed by atoms with van der Waals surface area (Å²) in [6.45, 7) is 20.0. The van der Waals surface area contributed by atoms with Gasteiger partial charge in [-0.05, 0) is 126 Å². The summed E-state index contributed by atoms with van der Waals surface area (Å²) in [5.74, 6) is 2.19. The topological polar surface area (TPSA) is 35.9 Å². The van der Waals surface area contributed by atoms with Crippen LogP contribution in [0.2, 0.25) is 0 Å². The number of aromatic nitrogens is 4. The summed E-state index contributed by atoms with van der Waals surface area (Å²) in [5.41, 5.74) is 14.5. The Balaban J connectivity index is 1.10. The van der Waals surface area contributed by atoms with Crippen molar-refractivity contribution in [2.75, 3.05) is 0 Å². The largest absolute Gasteiger partial charge is 0.458 e. The number of nitrogens with zero attached hydrogens (tertiary/aromatic N) is 4. The number of imidazole rings is 1. The highest BCUT2D eigenvalue weighted by Gasteiger charge is 2.32. The van der Waals surface area contributed by atoms with Gasteiger partial charge in [-0.2, -0.15) is 0 Å². The van der Waals surface area contributed by atoms with Crippen molar-refractivity contribution >= 4 is 32.8 Å². The zero-order valence-corrected chi connectivity index (χ0v) is 41.7. The first-order valence-electron chi connectivity index (χ1n) is 27.0. The molecule has 11 aromatic rings. The number of hydrogen-bond acceptors (Lipinski definition) is 2. The molecule has 8 aromatic carbocycles. The van der Waals surface area contributed by atoms with E-state index < -0.39 is 11.5 Å². The van der Waals surface area contributed by atoms with Crippen LogP contribution in [0.5, 0.6) is 11.5 Å². The van der Waals surface area contributed by atoms with Gasteiger partial charge in [-0.3, -0.25) is 13.7 Å². The van der Waals surface area contributed by atoms with E-state index >= 15 is 0 Å². The Morgan fingerprint density at radius 1 is 0.521 bits per heavy atom. The molecule has 0 saturated carbocycles. The average Bonchev–Trinajstić information content (AvgIpc) is 4.01. The van der Waals surface area contributed by atoms with Crippen LogP contribution in [0.3, 0.4) is 0 Å². The summed E-state index contributed by atoms with van der Waals surface area (Å²) >= 11 is 0. The first-order valence-corrected chi connectivity index (χ1v) is 24.5. The van der Waals surface area contributed by atoms with Gasteiger partial charge in [-0.1, -0.05) is 190 Å². The molecule has 0 fully saturated rings. The summed E-state index contributed by atoms with van der Waals surface area (Å²) < 4.78 is 58.4. The third-order valence-electron chi connectivity index (χ3n) is 14.1. The highest BCUT2D eigenvalue weighted by atomic mass is 16.5. The molecule has 3 aromatic heterocycles. The fourth-order valence-electron chi connectivity index (χ4n) is 10.5. The third-order valence-corrected chi connectivity index (χ3v) is 14.1. The van der Waals surface area contributed by atoms with E-state index in [2.05, 4.69) is 198 Å². The van der Waals surface area contributed by atoms with E-state index in [0.29, 0.717) is 17.1 Å². The number of pyridine rings is 1. The second kappa shape index (κ2) is 16.3. The molecule has 0 radical (unpaired) electrons. The van der Waals surface area contributed by atoms with Crippen molar-refractivity contribution in [3.8, 4) is 73.2 Å². The van der Waals surface area contributed by atoms with Crippen molar-refractivity contribution in [1.29, 1.82) is 0 Å². The van der Waals surface area contributed by atoms with Crippen LogP contribution in [-0.4, -0.2) is 14.1 Å². The van der Waals surface area contributed by atoms with Crippen LogP contribution in [0.25, 0.3) is 94.5 Å². The monoisotopic (exact) mass is 927 g/mol. The first-order chi connectivity index (χ1) is 36.2. The van der Waals surface area contributed by atoms with Crippen LogP contribution in [0, 0.1) is 6.33 Å². The normalized spacial score (nSPS) is 13.6. The molecule has 4 heterocycles. The average molecular weight is 928 g/mol. The maximum Gasteiger partial charge on any atom is 0.269 e. The molecule has 0 amide bonds. The minimum atomic E-state index is -0.427. The molecule has 348 valence electrons. The Labute approximate surface area is 424 Å². The van der Waals surface area contributed by atoms with Crippen molar-refractivity contribution in [2.45, 2.75) is 78.6 Å². The van der Waals surface area contributed by atoms with Crippen LogP contribution in [0.15, 0.2) is 188 Å². The van der Waals surface area contributed by atoms with Crippen molar-refractivity contribution in [3.05, 3.63) is 211 Å². The van der Waals surface area contributed by atoms with Gasteiger partial charge in [0, 0.05) is 23.0 Å². The van der Waals surface area contributed by atoms with E-state index in [1.54, 1.807) is 0 Å². The lowest BCUT2D eigenvalue weighted by molar-refractivity contribution is -0.572. The maximum atomic E-state index is 9.36. The number of hydrogen-bond donors (Lipinski definition) is 0. The van der Waals surface area contributed by atoms with E-state index in [1.165, 1.54) is 5.56 Å². The molecule has 0 saturated heterocycles. The van der Waals surface area contributed by atoms with Crippen LogP contribution in [-0.2, 0) is 16.2 Å². The lowest BCUT2D eigenvalue weighted by Gasteiger charge is -2.31. The van der Waals surface area contributed by atoms with E-state index in [9.17, 15) is 2.74 Å². The molecule has 5 nitrogen and oxygen atoms in total. The number of benzene rings is 8. The Morgan fingerprint density at radius 2 is 1.17 bits per heavy atom. The number of fused-ring (bicyclic) bond motifs is 10. The molecule has 0 N–H and O–H groups in total. The molecule has 71 heavy (non-hydrogen) atoms. The quantitative estimate of drug-likeness (QED) is 0.127. The number of para-hydroxylation sites is 2. The first kappa shape index (κ1) is 38.8. The van der Waals surface area contributed by atoms with Crippen LogP contribution >= 0.6 is 0 Å². The fraction of sp³-hybridized carbons (Fsp3) is 0.182. The zero-order chi connectivity index (χ0) is 53.3.